The van der Waals surface area contributed by atoms with Crippen molar-refractivity contribution in [3.8, 4) is 0 Å². The van der Waals surface area contributed by atoms with Gasteiger partial charge >= 0.3 is 0 Å². The zero-order valence-electron chi connectivity index (χ0n) is 16.0. The quantitative estimate of drug-likeness (QED) is 0.688. The average molecular weight is 401 g/mol. The van der Waals surface area contributed by atoms with E-state index in [1.807, 2.05) is 44.3 Å². The van der Waals surface area contributed by atoms with Gasteiger partial charge in [0.15, 0.2) is 5.03 Å². The fourth-order valence-electron chi connectivity index (χ4n) is 3.49. The lowest BCUT2D eigenvalue weighted by atomic mass is 9.94. The molecule has 0 aliphatic carbocycles. The van der Waals surface area contributed by atoms with Gasteiger partial charge in [0.25, 0.3) is 10.0 Å². The molecule has 1 N–H and O–H groups in total. The van der Waals surface area contributed by atoms with Gasteiger partial charge in [-0.2, -0.15) is 9.29 Å². The Morgan fingerprint density at radius 3 is 2.50 bits per heavy atom. The third-order valence-electron chi connectivity index (χ3n) is 5.09. The number of sulfonamides is 1. The Bertz CT molecular complexity index is 1060. The van der Waals surface area contributed by atoms with Crippen molar-refractivity contribution < 1.29 is 8.42 Å². The van der Waals surface area contributed by atoms with Crippen LogP contribution in [0.1, 0.15) is 17.3 Å². The normalized spacial score (nSPS) is 20.5. The van der Waals surface area contributed by atoms with Crippen molar-refractivity contribution in [2.24, 2.45) is 14.1 Å². The molecule has 0 spiro atoms. The van der Waals surface area contributed by atoms with Crippen LogP contribution in [0.5, 0.6) is 0 Å². The third kappa shape index (κ3) is 3.40. The van der Waals surface area contributed by atoms with Crippen LogP contribution in [0.25, 0.3) is 0 Å². The maximum Gasteiger partial charge on any atom is 0.262 e. The Morgan fingerprint density at radius 1 is 1.14 bits per heavy atom. The molecule has 0 bridgehead atoms. The van der Waals surface area contributed by atoms with Crippen LogP contribution in [0.3, 0.4) is 0 Å². The minimum atomic E-state index is -3.67. The van der Waals surface area contributed by atoms with Crippen LogP contribution in [-0.4, -0.2) is 56.2 Å². The number of benzene rings is 1. The highest BCUT2D eigenvalue weighted by molar-refractivity contribution is 7.89. The molecule has 2 aromatic heterocycles. The number of nitrogens with zero attached hydrogens (tertiary/aromatic N) is 6. The molecule has 3 heterocycles. The van der Waals surface area contributed by atoms with E-state index < -0.39 is 10.0 Å². The summed E-state index contributed by atoms with van der Waals surface area (Å²) in [6, 6.07) is 9.77. The van der Waals surface area contributed by atoms with Gasteiger partial charge in [0.2, 0.25) is 5.95 Å². The average Bonchev–Trinajstić information content (AvgIpc) is 3.36. The first-order chi connectivity index (χ1) is 13.3. The Labute approximate surface area is 164 Å². The summed E-state index contributed by atoms with van der Waals surface area (Å²) >= 11 is 0. The molecular formula is C18H23N7O2S. The molecule has 3 aromatic rings. The largest absolute Gasteiger partial charge is 0.348 e. The van der Waals surface area contributed by atoms with Gasteiger partial charge in [0.05, 0.1) is 12.4 Å². The lowest BCUT2D eigenvalue weighted by molar-refractivity contribution is 0.468. The number of aromatic nitrogens is 5. The van der Waals surface area contributed by atoms with Gasteiger partial charge in [-0.3, -0.25) is 4.68 Å². The number of hydrogen-bond acceptors (Lipinski definition) is 6. The first kappa shape index (κ1) is 18.6. The number of aryl methyl sites for hydroxylation is 3. The van der Waals surface area contributed by atoms with E-state index in [1.165, 1.54) is 16.8 Å². The summed E-state index contributed by atoms with van der Waals surface area (Å²) < 4.78 is 30.9. The fourth-order valence-corrected chi connectivity index (χ4v) is 4.95. The molecule has 9 nitrogen and oxygen atoms in total. The molecule has 2 atom stereocenters. The van der Waals surface area contributed by atoms with Gasteiger partial charge in [-0.15, -0.1) is 5.10 Å². The fraction of sp³-hybridized carbons (Fsp3) is 0.389. The second kappa shape index (κ2) is 7.02. The van der Waals surface area contributed by atoms with Crippen LogP contribution in [0.4, 0.5) is 5.95 Å². The van der Waals surface area contributed by atoms with Crippen LogP contribution in [0, 0.1) is 6.92 Å². The summed E-state index contributed by atoms with van der Waals surface area (Å²) in [6.45, 7) is 2.56. The van der Waals surface area contributed by atoms with Crippen molar-refractivity contribution in [2.45, 2.75) is 23.9 Å². The van der Waals surface area contributed by atoms with Crippen molar-refractivity contribution in [1.82, 2.24) is 28.6 Å². The molecule has 1 aliphatic rings. The van der Waals surface area contributed by atoms with E-state index in [9.17, 15) is 8.42 Å². The van der Waals surface area contributed by atoms with Crippen LogP contribution >= 0.6 is 0 Å². The maximum atomic E-state index is 13.1. The molecule has 10 heteroatoms. The Kier molecular flexibility index (Phi) is 4.68. The number of imidazole rings is 1. The van der Waals surface area contributed by atoms with Gasteiger partial charge in [-0.05, 0) is 12.5 Å². The standard InChI is InChI=1S/C18H23N7O2S/c1-13-20-18(22-24(13)3)21-16-10-25(9-15(16)14-7-5-4-6-8-14)28(26,27)17-11-23(2)12-19-17/h4-8,11-12,15-16H,9-10H2,1-3H3,(H,21,22)/t15-,16+/m1/s1. The van der Waals surface area contributed by atoms with E-state index in [2.05, 4.69) is 20.4 Å². The Balaban J connectivity index is 1.65. The molecule has 0 saturated carbocycles. The SMILES string of the molecule is Cc1nc(N[C@H]2CN(S(=O)(=O)c3cn(C)cn3)C[C@@H]2c2ccccc2)nn1C. The second-order valence-corrected chi connectivity index (χ2v) is 8.96. The van der Waals surface area contributed by atoms with Crippen molar-refractivity contribution in [3.63, 3.8) is 0 Å². The van der Waals surface area contributed by atoms with E-state index in [1.54, 1.807) is 16.3 Å². The van der Waals surface area contributed by atoms with E-state index in [4.69, 9.17) is 0 Å². The Morgan fingerprint density at radius 2 is 1.89 bits per heavy atom. The summed E-state index contributed by atoms with van der Waals surface area (Å²) in [5.74, 6) is 1.27. The lowest BCUT2D eigenvalue weighted by Crippen LogP contribution is -2.32. The summed E-state index contributed by atoms with van der Waals surface area (Å²) in [7, 11) is -0.0913. The first-order valence-corrected chi connectivity index (χ1v) is 10.5. The molecule has 0 unspecified atom stereocenters. The molecule has 148 valence electrons. The van der Waals surface area contributed by atoms with Crippen molar-refractivity contribution in [2.75, 3.05) is 18.4 Å². The predicted octanol–water partition coefficient (Wildman–Crippen LogP) is 1.13. The Hall–Kier alpha value is -2.72. The van der Waals surface area contributed by atoms with Gasteiger partial charge in [0.1, 0.15) is 5.82 Å². The molecule has 1 fully saturated rings. The number of nitrogens with one attached hydrogen (secondary N) is 1. The van der Waals surface area contributed by atoms with Crippen LogP contribution in [0.2, 0.25) is 0 Å². The molecule has 0 radical (unpaired) electrons. The van der Waals surface area contributed by atoms with Crippen molar-refractivity contribution in [3.05, 3.63) is 54.2 Å². The molecule has 4 rings (SSSR count). The number of hydrogen-bond donors (Lipinski definition) is 1. The van der Waals surface area contributed by atoms with E-state index >= 15 is 0 Å². The van der Waals surface area contributed by atoms with E-state index in [0.717, 1.165) is 11.4 Å². The van der Waals surface area contributed by atoms with E-state index in [-0.39, 0.29) is 17.0 Å². The van der Waals surface area contributed by atoms with Gasteiger partial charge in [-0.1, -0.05) is 30.3 Å². The van der Waals surface area contributed by atoms with Crippen LogP contribution in [-0.2, 0) is 24.1 Å². The topological polar surface area (TPSA) is 97.9 Å². The highest BCUT2D eigenvalue weighted by Crippen LogP contribution is 2.32. The molecule has 1 aliphatic heterocycles. The van der Waals surface area contributed by atoms with Crippen molar-refractivity contribution >= 4 is 16.0 Å². The first-order valence-electron chi connectivity index (χ1n) is 9.02. The van der Waals surface area contributed by atoms with Gasteiger partial charge < -0.3 is 9.88 Å². The maximum absolute atomic E-state index is 13.1. The van der Waals surface area contributed by atoms with Gasteiger partial charge in [-0.25, -0.2) is 13.4 Å². The number of rotatable bonds is 5. The smallest absolute Gasteiger partial charge is 0.262 e. The zero-order chi connectivity index (χ0) is 19.9. The van der Waals surface area contributed by atoms with Crippen molar-refractivity contribution in [1.29, 1.82) is 0 Å². The second-order valence-electron chi connectivity index (χ2n) is 7.07. The summed E-state index contributed by atoms with van der Waals surface area (Å²) in [6.07, 6.45) is 3.02. The van der Waals surface area contributed by atoms with Gasteiger partial charge in [0, 0.05) is 39.3 Å². The zero-order valence-corrected chi connectivity index (χ0v) is 16.8. The minimum absolute atomic E-state index is 0.0243. The predicted molar refractivity (Wildman–Crippen MR) is 104 cm³/mol. The molecular weight excluding hydrogens is 378 g/mol. The summed E-state index contributed by atoms with van der Waals surface area (Å²) in [5.41, 5.74) is 1.08. The highest BCUT2D eigenvalue weighted by atomic mass is 32.2. The highest BCUT2D eigenvalue weighted by Gasteiger charge is 2.41. The molecule has 1 saturated heterocycles. The summed E-state index contributed by atoms with van der Waals surface area (Å²) in [4.78, 5) is 8.45. The van der Waals surface area contributed by atoms with Crippen LogP contribution in [0.15, 0.2) is 47.9 Å². The molecule has 1 aromatic carbocycles. The third-order valence-corrected chi connectivity index (χ3v) is 6.81. The number of anilines is 1. The monoisotopic (exact) mass is 401 g/mol. The summed E-state index contributed by atoms with van der Waals surface area (Å²) in [5, 5.41) is 7.76. The molecule has 0 amide bonds. The van der Waals surface area contributed by atoms with E-state index in [0.29, 0.717) is 19.0 Å². The molecule has 28 heavy (non-hydrogen) atoms. The minimum Gasteiger partial charge on any atom is -0.348 e. The van der Waals surface area contributed by atoms with Crippen LogP contribution < -0.4 is 5.32 Å². The lowest BCUT2D eigenvalue weighted by Gasteiger charge is -2.19.